The van der Waals surface area contributed by atoms with E-state index in [-0.39, 0.29) is 23.9 Å². The van der Waals surface area contributed by atoms with Gasteiger partial charge in [0.15, 0.2) is 0 Å². The molecule has 1 heterocycles. The van der Waals surface area contributed by atoms with Gasteiger partial charge in [0.2, 0.25) is 11.7 Å². The highest BCUT2D eigenvalue weighted by atomic mass is 35.5. The molecule has 1 aromatic carbocycles. The van der Waals surface area contributed by atoms with Crippen LogP contribution in [0.15, 0.2) is 24.4 Å². The van der Waals surface area contributed by atoms with E-state index in [0.717, 1.165) is 6.20 Å². The molecule has 6 nitrogen and oxygen atoms in total. The van der Waals surface area contributed by atoms with Crippen LogP contribution in [0.25, 0.3) is 0 Å². The molecular formula is C15H18ClFN4O2. The van der Waals surface area contributed by atoms with Crippen molar-refractivity contribution < 1.29 is 13.9 Å². The molecule has 0 fully saturated rings. The van der Waals surface area contributed by atoms with Crippen molar-refractivity contribution in [3.63, 3.8) is 0 Å². The Morgan fingerprint density at radius 2 is 2.17 bits per heavy atom. The number of nitrogen functional groups attached to an aromatic ring is 1. The van der Waals surface area contributed by atoms with Crippen molar-refractivity contribution in [2.45, 2.75) is 32.9 Å². The number of rotatable bonds is 4. The van der Waals surface area contributed by atoms with Gasteiger partial charge in [0, 0.05) is 11.6 Å². The van der Waals surface area contributed by atoms with E-state index in [1.165, 1.54) is 10.7 Å². The van der Waals surface area contributed by atoms with E-state index in [4.69, 9.17) is 22.1 Å². The number of halogens is 2. The second-order valence-electron chi connectivity index (χ2n) is 6.06. The van der Waals surface area contributed by atoms with E-state index in [9.17, 15) is 9.18 Å². The number of carbonyl (C=O) groups is 1. The van der Waals surface area contributed by atoms with Crippen molar-refractivity contribution in [2.75, 3.05) is 5.73 Å². The van der Waals surface area contributed by atoms with Crippen LogP contribution in [-0.4, -0.2) is 21.2 Å². The van der Waals surface area contributed by atoms with Crippen LogP contribution < -0.4 is 15.8 Å². The second-order valence-corrected chi connectivity index (χ2v) is 6.47. The normalized spacial score (nSPS) is 11.3. The zero-order valence-corrected chi connectivity index (χ0v) is 13.8. The zero-order chi connectivity index (χ0) is 17.2. The van der Waals surface area contributed by atoms with Crippen LogP contribution in [-0.2, 0) is 11.3 Å². The van der Waals surface area contributed by atoms with Crippen molar-refractivity contribution >= 4 is 23.2 Å². The minimum Gasteiger partial charge on any atom is -0.435 e. The lowest BCUT2D eigenvalue weighted by atomic mass is 10.1. The van der Waals surface area contributed by atoms with Crippen LogP contribution >= 0.6 is 11.6 Å². The first-order valence-corrected chi connectivity index (χ1v) is 7.29. The largest absolute Gasteiger partial charge is 0.435 e. The molecule has 2 rings (SSSR count). The zero-order valence-electron chi connectivity index (χ0n) is 13.1. The summed E-state index contributed by atoms with van der Waals surface area (Å²) in [6.07, 6.45) is 1.09. The number of aromatic nitrogens is 2. The molecule has 1 aromatic heterocycles. The van der Waals surface area contributed by atoms with Gasteiger partial charge in [0.1, 0.15) is 12.3 Å². The third kappa shape index (κ3) is 4.85. The van der Waals surface area contributed by atoms with E-state index in [1.54, 1.807) is 12.1 Å². The van der Waals surface area contributed by atoms with Gasteiger partial charge in [-0.15, -0.1) is 5.10 Å². The van der Waals surface area contributed by atoms with Crippen LogP contribution in [0.3, 0.4) is 0 Å². The molecule has 8 heteroatoms. The lowest BCUT2D eigenvalue weighted by Gasteiger charge is -2.20. The minimum absolute atomic E-state index is 0.111. The van der Waals surface area contributed by atoms with E-state index in [0.29, 0.717) is 16.5 Å². The van der Waals surface area contributed by atoms with Gasteiger partial charge >= 0.3 is 0 Å². The summed E-state index contributed by atoms with van der Waals surface area (Å²) in [5, 5.41) is 6.97. The molecule has 0 atom stereocenters. The van der Waals surface area contributed by atoms with Gasteiger partial charge in [-0.25, -0.2) is 0 Å². The first kappa shape index (κ1) is 17.1. The Labute approximate surface area is 138 Å². The van der Waals surface area contributed by atoms with Gasteiger partial charge in [0.25, 0.3) is 5.88 Å². The summed E-state index contributed by atoms with van der Waals surface area (Å²) in [6, 6.07) is 4.55. The quantitative estimate of drug-likeness (QED) is 0.838. The van der Waals surface area contributed by atoms with E-state index >= 15 is 0 Å². The summed E-state index contributed by atoms with van der Waals surface area (Å²) in [5.41, 5.74) is 5.62. The van der Waals surface area contributed by atoms with Crippen LogP contribution in [0.4, 0.5) is 10.1 Å². The Morgan fingerprint density at radius 3 is 2.78 bits per heavy atom. The molecule has 3 N–H and O–H groups in total. The summed E-state index contributed by atoms with van der Waals surface area (Å²) in [6.45, 7) is 5.45. The molecule has 124 valence electrons. The number of nitrogens with zero attached hydrogens (tertiary/aromatic N) is 2. The van der Waals surface area contributed by atoms with Gasteiger partial charge in [-0.05, 0) is 32.9 Å². The van der Waals surface area contributed by atoms with Crippen molar-refractivity contribution in [1.82, 2.24) is 15.1 Å². The van der Waals surface area contributed by atoms with Gasteiger partial charge in [-0.2, -0.15) is 4.39 Å². The maximum absolute atomic E-state index is 13.9. The monoisotopic (exact) mass is 340 g/mol. The average Bonchev–Trinajstić information content (AvgIpc) is 2.71. The highest BCUT2D eigenvalue weighted by molar-refractivity contribution is 6.33. The standard InChI is InChI=1S/C15H18ClFN4O2/c1-15(2,3)19-13(22)8-21-7-11(17)14(20-21)23-9-4-5-12(18)10(16)6-9/h4-7H,8,18H2,1-3H3,(H,19,22). The van der Waals surface area contributed by atoms with E-state index in [1.807, 2.05) is 20.8 Å². The number of hydrogen-bond donors (Lipinski definition) is 2. The third-order valence-electron chi connectivity index (χ3n) is 2.69. The van der Waals surface area contributed by atoms with Crippen LogP contribution in [0, 0.1) is 5.82 Å². The molecule has 0 aliphatic heterocycles. The molecule has 1 amide bonds. The molecule has 0 unspecified atom stereocenters. The lowest BCUT2D eigenvalue weighted by molar-refractivity contribution is -0.123. The number of carbonyl (C=O) groups excluding carboxylic acids is 1. The van der Waals surface area contributed by atoms with Crippen molar-refractivity contribution in [3.05, 3.63) is 35.2 Å². The van der Waals surface area contributed by atoms with E-state index < -0.39 is 5.82 Å². The molecule has 0 saturated carbocycles. The van der Waals surface area contributed by atoms with Crippen molar-refractivity contribution in [2.24, 2.45) is 0 Å². The van der Waals surface area contributed by atoms with Gasteiger partial charge in [-0.1, -0.05) is 11.6 Å². The number of benzene rings is 1. The number of amides is 1. The molecule has 0 aliphatic carbocycles. The Hall–Kier alpha value is -2.28. The molecule has 0 radical (unpaired) electrons. The van der Waals surface area contributed by atoms with E-state index in [2.05, 4.69) is 10.4 Å². The lowest BCUT2D eigenvalue weighted by Crippen LogP contribution is -2.42. The van der Waals surface area contributed by atoms with Crippen molar-refractivity contribution in [1.29, 1.82) is 0 Å². The van der Waals surface area contributed by atoms with Crippen LogP contribution in [0.5, 0.6) is 11.6 Å². The SMILES string of the molecule is CC(C)(C)NC(=O)Cn1cc(F)c(Oc2ccc(N)c(Cl)c2)n1. The summed E-state index contributed by atoms with van der Waals surface area (Å²) >= 11 is 5.88. The van der Waals surface area contributed by atoms with Gasteiger partial charge < -0.3 is 15.8 Å². The Kier molecular flexibility index (Phi) is 4.79. The van der Waals surface area contributed by atoms with Gasteiger partial charge in [0.05, 0.1) is 16.9 Å². The van der Waals surface area contributed by atoms with Crippen molar-refractivity contribution in [3.8, 4) is 11.6 Å². The fraction of sp³-hybridized carbons (Fsp3) is 0.333. The molecule has 23 heavy (non-hydrogen) atoms. The second kappa shape index (κ2) is 6.45. The molecule has 0 spiro atoms. The Bertz CT molecular complexity index is 725. The maximum Gasteiger partial charge on any atom is 0.274 e. The number of nitrogens with one attached hydrogen (secondary N) is 1. The highest BCUT2D eigenvalue weighted by Crippen LogP contribution is 2.28. The predicted molar refractivity (Wildman–Crippen MR) is 86.0 cm³/mol. The number of ether oxygens (including phenoxy) is 1. The summed E-state index contributed by atoms with van der Waals surface area (Å²) in [4.78, 5) is 11.8. The molecular weight excluding hydrogens is 323 g/mol. The number of hydrogen-bond acceptors (Lipinski definition) is 4. The van der Waals surface area contributed by atoms with Crippen LogP contribution in [0.1, 0.15) is 20.8 Å². The molecule has 0 aliphatic rings. The first-order valence-electron chi connectivity index (χ1n) is 6.91. The fourth-order valence-corrected chi connectivity index (χ4v) is 1.99. The maximum atomic E-state index is 13.9. The third-order valence-corrected chi connectivity index (χ3v) is 3.02. The number of anilines is 1. The molecule has 0 saturated heterocycles. The summed E-state index contributed by atoms with van der Waals surface area (Å²) in [5.74, 6) is -0.898. The Morgan fingerprint density at radius 1 is 1.48 bits per heavy atom. The Balaban J connectivity index is 2.08. The highest BCUT2D eigenvalue weighted by Gasteiger charge is 2.17. The van der Waals surface area contributed by atoms with Crippen LogP contribution in [0.2, 0.25) is 5.02 Å². The summed E-state index contributed by atoms with van der Waals surface area (Å²) < 4.78 is 20.4. The number of nitrogens with two attached hydrogens (primary N) is 1. The fourth-order valence-electron chi connectivity index (χ4n) is 1.82. The topological polar surface area (TPSA) is 82.2 Å². The summed E-state index contributed by atoms with van der Waals surface area (Å²) in [7, 11) is 0. The first-order chi connectivity index (χ1) is 10.6. The van der Waals surface area contributed by atoms with Gasteiger partial charge in [-0.3, -0.25) is 9.48 Å². The predicted octanol–water partition coefficient (Wildman–Crippen LogP) is 2.96. The smallest absolute Gasteiger partial charge is 0.274 e. The molecule has 2 aromatic rings. The minimum atomic E-state index is -0.679. The average molecular weight is 341 g/mol. The molecule has 0 bridgehead atoms.